The zero-order valence-electron chi connectivity index (χ0n) is 9.01. The fourth-order valence-electron chi connectivity index (χ4n) is 1.22. The molecule has 16 heavy (non-hydrogen) atoms. The lowest BCUT2D eigenvalue weighted by Gasteiger charge is -2.07. The molecule has 0 bridgehead atoms. The predicted molar refractivity (Wildman–Crippen MR) is 75.7 cm³/mol. The Kier molecular flexibility index (Phi) is 6.97. The van der Waals surface area contributed by atoms with Crippen LogP contribution < -0.4 is 5.32 Å². The van der Waals surface area contributed by atoms with Crippen molar-refractivity contribution in [1.29, 1.82) is 0 Å². The molecule has 1 aromatic rings. The monoisotopic (exact) mass is 275 g/mol. The molecular weight excluding hydrogens is 261 g/mol. The van der Waals surface area contributed by atoms with Gasteiger partial charge in [0.05, 0.1) is 10.0 Å². The van der Waals surface area contributed by atoms with Crippen molar-refractivity contribution in [2.75, 3.05) is 18.1 Å². The summed E-state index contributed by atoms with van der Waals surface area (Å²) >= 11 is 13.8. The molecule has 0 spiro atoms. The van der Waals surface area contributed by atoms with Crippen molar-refractivity contribution in [3.8, 4) is 0 Å². The summed E-state index contributed by atoms with van der Waals surface area (Å²) in [5, 5.41) is 4.59. The van der Waals surface area contributed by atoms with Crippen molar-refractivity contribution in [3.63, 3.8) is 0 Å². The summed E-state index contributed by atoms with van der Waals surface area (Å²) in [6.07, 6.45) is 1.92. The Morgan fingerprint density at radius 3 is 2.94 bits per heavy atom. The summed E-state index contributed by atoms with van der Waals surface area (Å²) in [4.78, 5) is 0. The SMILES string of the molecule is C=CCSCCNCc1cccc(Cl)c1Cl. The number of benzene rings is 1. The van der Waals surface area contributed by atoms with Crippen LogP contribution in [0.1, 0.15) is 5.56 Å². The summed E-state index contributed by atoms with van der Waals surface area (Å²) in [5.74, 6) is 2.07. The Hall–Kier alpha value is -0.150. The summed E-state index contributed by atoms with van der Waals surface area (Å²) in [5.41, 5.74) is 1.04. The minimum atomic E-state index is 0.613. The standard InChI is InChI=1S/C12H15Cl2NS/c1-2-7-16-8-6-15-9-10-4-3-5-11(13)12(10)14/h2-5,15H,1,6-9H2. The Morgan fingerprint density at radius 2 is 2.19 bits per heavy atom. The fraction of sp³-hybridized carbons (Fsp3) is 0.333. The molecule has 1 aromatic carbocycles. The average molecular weight is 276 g/mol. The molecule has 1 N–H and O–H groups in total. The number of rotatable bonds is 7. The summed E-state index contributed by atoms with van der Waals surface area (Å²) in [6, 6.07) is 5.70. The first kappa shape index (κ1) is 13.9. The van der Waals surface area contributed by atoms with Crippen molar-refractivity contribution < 1.29 is 0 Å². The van der Waals surface area contributed by atoms with Gasteiger partial charge in [-0.1, -0.05) is 41.4 Å². The van der Waals surface area contributed by atoms with Gasteiger partial charge in [-0.05, 0) is 11.6 Å². The third-order valence-electron chi connectivity index (χ3n) is 2.01. The van der Waals surface area contributed by atoms with E-state index in [-0.39, 0.29) is 0 Å². The molecule has 0 amide bonds. The van der Waals surface area contributed by atoms with Gasteiger partial charge in [0.25, 0.3) is 0 Å². The molecule has 0 fully saturated rings. The Morgan fingerprint density at radius 1 is 1.38 bits per heavy atom. The lowest BCUT2D eigenvalue weighted by molar-refractivity contribution is 0.732. The molecular formula is C12H15Cl2NS. The zero-order valence-corrected chi connectivity index (χ0v) is 11.3. The summed E-state index contributed by atoms with van der Waals surface area (Å²) in [6.45, 7) is 5.39. The minimum absolute atomic E-state index is 0.613. The van der Waals surface area contributed by atoms with Crippen molar-refractivity contribution in [1.82, 2.24) is 5.32 Å². The number of thioether (sulfide) groups is 1. The molecule has 88 valence electrons. The van der Waals surface area contributed by atoms with E-state index in [1.54, 1.807) is 6.07 Å². The summed E-state index contributed by atoms with van der Waals surface area (Å²) < 4.78 is 0. The molecule has 0 heterocycles. The van der Waals surface area contributed by atoms with Gasteiger partial charge in [-0.2, -0.15) is 11.8 Å². The normalized spacial score (nSPS) is 10.4. The van der Waals surface area contributed by atoms with Crippen molar-refractivity contribution >= 4 is 35.0 Å². The topological polar surface area (TPSA) is 12.0 Å². The van der Waals surface area contributed by atoms with Crippen LogP contribution in [-0.4, -0.2) is 18.1 Å². The van der Waals surface area contributed by atoms with Crippen LogP contribution in [0.25, 0.3) is 0 Å². The van der Waals surface area contributed by atoms with E-state index in [1.807, 2.05) is 30.0 Å². The predicted octanol–water partition coefficient (Wildman–Crippen LogP) is 4.00. The first-order chi connectivity index (χ1) is 7.75. The van der Waals surface area contributed by atoms with Gasteiger partial charge in [0.1, 0.15) is 0 Å². The van der Waals surface area contributed by atoms with Gasteiger partial charge in [-0.25, -0.2) is 0 Å². The highest BCUT2D eigenvalue weighted by Gasteiger charge is 2.02. The van der Waals surface area contributed by atoms with Gasteiger partial charge in [-0.15, -0.1) is 6.58 Å². The Balaban J connectivity index is 2.26. The van der Waals surface area contributed by atoms with Crippen LogP contribution in [0.4, 0.5) is 0 Å². The number of nitrogens with one attached hydrogen (secondary N) is 1. The molecule has 0 atom stereocenters. The highest BCUT2D eigenvalue weighted by atomic mass is 35.5. The van der Waals surface area contributed by atoms with Gasteiger partial charge >= 0.3 is 0 Å². The van der Waals surface area contributed by atoms with Crippen LogP contribution in [0.5, 0.6) is 0 Å². The molecule has 1 rings (SSSR count). The van der Waals surface area contributed by atoms with E-state index in [2.05, 4.69) is 11.9 Å². The van der Waals surface area contributed by atoms with E-state index < -0.39 is 0 Å². The van der Waals surface area contributed by atoms with E-state index in [0.717, 1.165) is 30.2 Å². The molecule has 0 aliphatic rings. The van der Waals surface area contributed by atoms with Crippen LogP contribution >= 0.6 is 35.0 Å². The second-order valence-electron chi connectivity index (χ2n) is 3.25. The van der Waals surface area contributed by atoms with Crippen LogP contribution in [0.2, 0.25) is 10.0 Å². The second kappa shape index (κ2) is 8.02. The lowest BCUT2D eigenvalue weighted by atomic mass is 10.2. The van der Waals surface area contributed by atoms with E-state index in [9.17, 15) is 0 Å². The van der Waals surface area contributed by atoms with E-state index in [0.29, 0.717) is 10.0 Å². The molecule has 0 aromatic heterocycles. The highest BCUT2D eigenvalue weighted by molar-refractivity contribution is 7.99. The lowest BCUT2D eigenvalue weighted by Crippen LogP contribution is -2.16. The van der Waals surface area contributed by atoms with E-state index in [4.69, 9.17) is 23.2 Å². The van der Waals surface area contributed by atoms with E-state index >= 15 is 0 Å². The molecule has 0 radical (unpaired) electrons. The van der Waals surface area contributed by atoms with Crippen LogP contribution in [-0.2, 0) is 6.54 Å². The number of hydrogen-bond acceptors (Lipinski definition) is 2. The van der Waals surface area contributed by atoms with Gasteiger partial charge in [0, 0.05) is 24.6 Å². The first-order valence-corrected chi connectivity index (χ1v) is 6.99. The molecule has 0 aliphatic heterocycles. The molecule has 0 unspecified atom stereocenters. The summed E-state index contributed by atoms with van der Waals surface area (Å²) in [7, 11) is 0. The molecule has 0 aliphatic carbocycles. The van der Waals surface area contributed by atoms with Gasteiger partial charge < -0.3 is 5.32 Å². The van der Waals surface area contributed by atoms with Crippen LogP contribution in [0.15, 0.2) is 30.9 Å². The third kappa shape index (κ3) is 4.79. The Labute approximate surface area is 111 Å². The average Bonchev–Trinajstić information content (AvgIpc) is 2.29. The highest BCUT2D eigenvalue weighted by Crippen LogP contribution is 2.25. The van der Waals surface area contributed by atoms with Gasteiger partial charge in [0.2, 0.25) is 0 Å². The van der Waals surface area contributed by atoms with Crippen LogP contribution in [0, 0.1) is 0 Å². The molecule has 0 saturated carbocycles. The zero-order chi connectivity index (χ0) is 11.8. The molecule has 0 saturated heterocycles. The van der Waals surface area contributed by atoms with Crippen molar-refractivity contribution in [2.45, 2.75) is 6.54 Å². The maximum Gasteiger partial charge on any atom is 0.0637 e. The van der Waals surface area contributed by atoms with Crippen molar-refractivity contribution in [2.24, 2.45) is 0 Å². The van der Waals surface area contributed by atoms with Crippen molar-refractivity contribution in [3.05, 3.63) is 46.5 Å². The second-order valence-corrected chi connectivity index (χ2v) is 5.19. The Bertz CT molecular complexity index is 342. The maximum absolute atomic E-state index is 6.07. The smallest absolute Gasteiger partial charge is 0.0637 e. The first-order valence-electron chi connectivity index (χ1n) is 5.08. The number of hydrogen-bond donors (Lipinski definition) is 1. The van der Waals surface area contributed by atoms with Gasteiger partial charge in [-0.3, -0.25) is 0 Å². The van der Waals surface area contributed by atoms with E-state index in [1.165, 1.54) is 0 Å². The fourth-order valence-corrected chi connectivity index (χ4v) is 2.23. The molecule has 4 heteroatoms. The minimum Gasteiger partial charge on any atom is -0.312 e. The third-order valence-corrected chi connectivity index (χ3v) is 3.83. The van der Waals surface area contributed by atoms with Crippen LogP contribution in [0.3, 0.4) is 0 Å². The number of halogens is 2. The molecule has 1 nitrogen and oxygen atoms in total. The maximum atomic E-state index is 6.07. The quantitative estimate of drug-likeness (QED) is 0.596. The van der Waals surface area contributed by atoms with Gasteiger partial charge in [0.15, 0.2) is 0 Å². The largest absolute Gasteiger partial charge is 0.312 e.